The van der Waals surface area contributed by atoms with E-state index in [1.54, 1.807) is 25.1 Å². The highest BCUT2D eigenvalue weighted by Gasteiger charge is 2.26. The smallest absolute Gasteiger partial charge is 0.278 e. The highest BCUT2D eigenvalue weighted by molar-refractivity contribution is 5.62. The van der Waals surface area contributed by atoms with Crippen molar-refractivity contribution in [2.24, 2.45) is 46.8 Å². The van der Waals surface area contributed by atoms with Crippen LogP contribution in [0.4, 0.5) is 79.6 Å². The van der Waals surface area contributed by atoms with E-state index in [0.717, 1.165) is 54.6 Å². The van der Waals surface area contributed by atoms with E-state index in [4.69, 9.17) is 0 Å². The number of phenols is 2. The lowest BCUT2D eigenvalue weighted by Crippen LogP contribution is -2.14. The van der Waals surface area contributed by atoms with E-state index in [1.165, 1.54) is 54.6 Å². The summed E-state index contributed by atoms with van der Waals surface area (Å²) in [5, 5.41) is 151. The predicted molar refractivity (Wildman–Crippen MR) is 311 cm³/mol. The van der Waals surface area contributed by atoms with Crippen LogP contribution in [-0.2, 0) is 25.7 Å². The number of hydrogen-bond donors (Lipinski definition) is 3. The van der Waals surface area contributed by atoms with Crippen molar-refractivity contribution < 1.29 is 49.8 Å². The average molecular weight is 1200 g/mol. The second-order valence-electron chi connectivity index (χ2n) is 19.6. The van der Waals surface area contributed by atoms with Gasteiger partial charge in [-0.2, -0.15) is 40.9 Å². The quantitative estimate of drug-likeness (QED) is 0.0287. The lowest BCUT2D eigenvalue weighted by Gasteiger charge is -2.23. The molecule has 7 aromatic rings. The van der Waals surface area contributed by atoms with Crippen molar-refractivity contribution in [1.29, 1.82) is 0 Å². The molecule has 8 rings (SSSR count). The fraction of sp³-hybridized carbons (Fsp3) is 0.179. The molecule has 32 heteroatoms. The zero-order valence-electron chi connectivity index (χ0n) is 45.9. The van der Waals surface area contributed by atoms with E-state index in [-0.39, 0.29) is 112 Å². The fourth-order valence-electron chi connectivity index (χ4n) is 9.34. The third kappa shape index (κ3) is 15.4. The van der Waals surface area contributed by atoms with Gasteiger partial charge >= 0.3 is 0 Å². The Hall–Kier alpha value is -12.4. The number of non-ortho nitro benzene ring substituents is 7. The standard InChI is InChI=1S/C56H45N15O17/c1-3-6-34-16-42(60-63-45-24-50(68(81)82)29-51(25-45)69(83)84)19-37(55(34)73)14-38-20-43(61-64-46-26-52(70(85)86)30-53(27-46)71(87)88)18-36(56(38)74)11-32-9-31(12-40(13-32)58-62-44-22-48(66(77)78)28-49(23-44)67(79)80)10-35-17-41(15-33(4-2)54(35)72)59-57-39-7-5-8-47(21-39)65(75)76/h5,7-9,12-13,15-16,18-30,35,72-74H,3-4,6,10-11,14,17H2,1-2H3. The van der Waals surface area contributed by atoms with Crippen LogP contribution in [0.1, 0.15) is 66.5 Å². The highest BCUT2D eigenvalue weighted by Crippen LogP contribution is 2.41. The summed E-state index contributed by atoms with van der Waals surface area (Å²) in [5.74, 6) is -1.31. The maximum Gasteiger partial charge on any atom is 0.278 e. The molecule has 1 unspecified atom stereocenters. The Balaban J connectivity index is 1.25. The molecular formula is C56H45N15O17. The molecule has 0 amide bonds. The molecule has 3 N–H and O–H groups in total. The Kier molecular flexibility index (Phi) is 18.9. The molecule has 1 atom stereocenters. The Morgan fingerprint density at radius 2 is 0.773 bits per heavy atom. The number of aliphatic hydroxyl groups is 1. The number of benzene rings is 7. The van der Waals surface area contributed by atoms with Gasteiger partial charge in [-0.25, -0.2) is 0 Å². The molecule has 0 radical (unpaired) electrons. The summed E-state index contributed by atoms with van der Waals surface area (Å²) in [4.78, 5) is 76.1. The van der Waals surface area contributed by atoms with Crippen molar-refractivity contribution in [2.75, 3.05) is 0 Å². The van der Waals surface area contributed by atoms with Crippen molar-refractivity contribution >= 4 is 79.6 Å². The third-order valence-electron chi connectivity index (χ3n) is 13.3. The zero-order chi connectivity index (χ0) is 63.5. The van der Waals surface area contributed by atoms with Gasteiger partial charge in [-0.3, -0.25) is 70.8 Å². The summed E-state index contributed by atoms with van der Waals surface area (Å²) in [6.07, 6.45) is 2.40. The van der Waals surface area contributed by atoms with Gasteiger partial charge in [0.25, 0.3) is 39.8 Å². The molecule has 7 aromatic carbocycles. The van der Waals surface area contributed by atoms with Gasteiger partial charge in [0.1, 0.15) is 11.5 Å². The molecule has 0 aliphatic heterocycles. The molecule has 0 spiro atoms. The number of nitro benzene ring substituents is 7. The lowest BCUT2D eigenvalue weighted by atomic mass is 9.85. The van der Waals surface area contributed by atoms with Crippen LogP contribution in [0.25, 0.3) is 0 Å². The molecule has 446 valence electrons. The van der Waals surface area contributed by atoms with E-state index in [2.05, 4.69) is 40.9 Å². The number of aliphatic hydroxyl groups excluding tert-OH is 1. The normalized spacial score (nSPS) is 13.4. The number of aryl methyl sites for hydroxylation is 1. The summed E-state index contributed by atoms with van der Waals surface area (Å²) in [7, 11) is 0. The molecule has 0 saturated carbocycles. The summed E-state index contributed by atoms with van der Waals surface area (Å²) < 4.78 is 0. The van der Waals surface area contributed by atoms with E-state index < -0.39 is 74.5 Å². The van der Waals surface area contributed by atoms with Crippen LogP contribution in [0.3, 0.4) is 0 Å². The topological polar surface area (TPSA) is 462 Å². The molecule has 1 aliphatic carbocycles. The second kappa shape index (κ2) is 26.9. The maximum absolute atomic E-state index is 12.3. The number of nitrogens with zero attached hydrogens (tertiary/aromatic N) is 15. The van der Waals surface area contributed by atoms with Crippen molar-refractivity contribution in [3.63, 3.8) is 0 Å². The van der Waals surface area contributed by atoms with Crippen LogP contribution in [0, 0.1) is 76.7 Å². The molecule has 88 heavy (non-hydrogen) atoms. The van der Waals surface area contributed by atoms with Gasteiger partial charge in [0, 0.05) is 90.4 Å². The molecule has 1 aliphatic rings. The monoisotopic (exact) mass is 1200 g/mol. The summed E-state index contributed by atoms with van der Waals surface area (Å²) in [6, 6.07) is 23.8. The first kappa shape index (κ1) is 61.7. The van der Waals surface area contributed by atoms with Gasteiger partial charge in [0.2, 0.25) is 0 Å². The summed E-state index contributed by atoms with van der Waals surface area (Å²) in [5.41, 5.74) is -2.26. The highest BCUT2D eigenvalue weighted by atomic mass is 16.7. The number of nitro groups is 7. The number of rotatable bonds is 24. The van der Waals surface area contributed by atoms with E-state index >= 15 is 0 Å². The number of allylic oxidation sites excluding steroid dienone is 4. The second-order valence-corrected chi connectivity index (χ2v) is 19.6. The Bertz CT molecular complexity index is 4140. The van der Waals surface area contributed by atoms with Crippen molar-refractivity contribution in [1.82, 2.24) is 0 Å². The van der Waals surface area contributed by atoms with Crippen LogP contribution in [0.5, 0.6) is 11.5 Å². The molecule has 0 fully saturated rings. The molecule has 0 bridgehead atoms. The van der Waals surface area contributed by atoms with Gasteiger partial charge in [0.05, 0.1) is 104 Å². The molecule has 0 heterocycles. The first-order chi connectivity index (χ1) is 41.9. The molecular weight excluding hydrogens is 1150 g/mol. The molecule has 0 aromatic heterocycles. The lowest BCUT2D eigenvalue weighted by molar-refractivity contribution is -0.394. The molecule has 0 saturated heterocycles. The minimum Gasteiger partial charge on any atom is -0.512 e. The van der Waals surface area contributed by atoms with Crippen LogP contribution in [0.2, 0.25) is 0 Å². The molecule has 32 nitrogen and oxygen atoms in total. The first-order valence-electron chi connectivity index (χ1n) is 26.1. The van der Waals surface area contributed by atoms with Gasteiger partial charge in [0.15, 0.2) is 0 Å². The number of aromatic hydroxyl groups is 2. The fourth-order valence-corrected chi connectivity index (χ4v) is 9.34. The number of hydrogen-bond acceptors (Lipinski definition) is 25. The summed E-state index contributed by atoms with van der Waals surface area (Å²) >= 11 is 0. The van der Waals surface area contributed by atoms with Crippen LogP contribution >= 0.6 is 0 Å². The SMILES string of the molecule is CCCc1cc(N=Nc2cc([N+](=O)[O-])cc([N+](=O)[O-])c2)cc(Cc2cc(N=Nc3cc([N+](=O)[O-])cc([N+](=O)[O-])c3)cc(Cc3cc(CC4CC(N=Nc5cccc([N+](=O)[O-])c5)=CC(CC)=C4O)cc(N=Nc4cc([N+](=O)[O-])cc([N+](=O)[O-])c4)c3)c2O)c1O. The van der Waals surface area contributed by atoms with Crippen molar-refractivity contribution in [2.45, 2.75) is 58.8 Å². The number of azo groups is 4. The van der Waals surface area contributed by atoms with E-state index in [0.29, 0.717) is 40.8 Å². The van der Waals surface area contributed by atoms with Crippen LogP contribution in [0.15, 0.2) is 185 Å². The van der Waals surface area contributed by atoms with E-state index in [9.17, 15) is 86.1 Å². The largest absolute Gasteiger partial charge is 0.512 e. The third-order valence-corrected chi connectivity index (χ3v) is 13.3. The Morgan fingerprint density at radius 3 is 1.19 bits per heavy atom. The van der Waals surface area contributed by atoms with Gasteiger partial charge in [-0.05, 0) is 90.1 Å². The first-order valence-corrected chi connectivity index (χ1v) is 26.1. The minimum atomic E-state index is -0.864. The Morgan fingerprint density at radius 1 is 0.409 bits per heavy atom. The van der Waals surface area contributed by atoms with Crippen LogP contribution in [-0.4, -0.2) is 49.8 Å². The maximum atomic E-state index is 12.3. The van der Waals surface area contributed by atoms with Gasteiger partial charge in [-0.15, -0.1) is 0 Å². The zero-order valence-corrected chi connectivity index (χ0v) is 45.9. The van der Waals surface area contributed by atoms with Gasteiger partial charge in [-0.1, -0.05) is 32.4 Å². The van der Waals surface area contributed by atoms with Crippen LogP contribution < -0.4 is 0 Å². The average Bonchev–Trinajstić information content (AvgIpc) is 2.55. The predicted octanol–water partition coefficient (Wildman–Crippen LogP) is 16.3. The van der Waals surface area contributed by atoms with Crippen molar-refractivity contribution in [3.05, 3.63) is 249 Å². The van der Waals surface area contributed by atoms with E-state index in [1.807, 2.05) is 6.92 Å². The summed E-state index contributed by atoms with van der Waals surface area (Å²) in [6.45, 7) is 3.62. The Labute approximate surface area is 493 Å². The minimum absolute atomic E-state index is 0.00705. The van der Waals surface area contributed by atoms with Crippen molar-refractivity contribution in [3.8, 4) is 11.5 Å². The number of phenolic OH excluding ortho intramolecular Hbond substituents is 2. The van der Waals surface area contributed by atoms with Gasteiger partial charge < -0.3 is 15.3 Å².